The zero-order valence-corrected chi connectivity index (χ0v) is 9.41. The standard InChI is InChI=1S/C11H9ClFNS/c12-8-1-2-10(11(13)4-8)7-3-9(5-14)15-6-7/h1-4,6H,5,14H2. The third-order valence-corrected chi connectivity index (χ3v) is 3.29. The maximum absolute atomic E-state index is 13.5. The van der Waals surface area contributed by atoms with Gasteiger partial charge >= 0.3 is 0 Å². The predicted octanol–water partition coefficient (Wildman–Crippen LogP) is 3.67. The van der Waals surface area contributed by atoms with Crippen molar-refractivity contribution in [3.63, 3.8) is 0 Å². The van der Waals surface area contributed by atoms with Gasteiger partial charge in [-0.2, -0.15) is 0 Å². The summed E-state index contributed by atoms with van der Waals surface area (Å²) < 4.78 is 13.5. The molecule has 0 radical (unpaired) electrons. The first-order valence-corrected chi connectivity index (χ1v) is 5.69. The number of benzene rings is 1. The van der Waals surface area contributed by atoms with E-state index in [0.717, 1.165) is 10.4 Å². The molecular formula is C11H9ClFNS. The summed E-state index contributed by atoms with van der Waals surface area (Å²) in [4.78, 5) is 1.04. The van der Waals surface area contributed by atoms with Gasteiger partial charge in [-0.05, 0) is 35.2 Å². The van der Waals surface area contributed by atoms with Crippen LogP contribution in [0, 0.1) is 5.82 Å². The third kappa shape index (κ3) is 2.20. The van der Waals surface area contributed by atoms with Gasteiger partial charge in [0, 0.05) is 22.0 Å². The summed E-state index contributed by atoms with van der Waals surface area (Å²) in [5, 5.41) is 2.31. The molecule has 0 fully saturated rings. The van der Waals surface area contributed by atoms with Crippen molar-refractivity contribution >= 4 is 22.9 Å². The summed E-state index contributed by atoms with van der Waals surface area (Å²) in [6, 6.07) is 6.58. The van der Waals surface area contributed by atoms with Gasteiger partial charge in [-0.15, -0.1) is 11.3 Å². The van der Waals surface area contributed by atoms with E-state index in [1.165, 1.54) is 17.4 Å². The molecule has 0 atom stereocenters. The van der Waals surface area contributed by atoms with Crippen LogP contribution in [0.3, 0.4) is 0 Å². The first-order valence-electron chi connectivity index (χ1n) is 4.43. The Hall–Kier alpha value is -0.900. The smallest absolute Gasteiger partial charge is 0.132 e. The number of hydrogen-bond acceptors (Lipinski definition) is 2. The summed E-state index contributed by atoms with van der Waals surface area (Å²) in [5.41, 5.74) is 6.92. The summed E-state index contributed by atoms with van der Waals surface area (Å²) in [6.45, 7) is 0.486. The molecule has 2 aromatic rings. The highest BCUT2D eigenvalue weighted by atomic mass is 35.5. The van der Waals surface area contributed by atoms with Crippen LogP contribution in [0.25, 0.3) is 11.1 Å². The minimum Gasteiger partial charge on any atom is -0.326 e. The quantitative estimate of drug-likeness (QED) is 0.853. The van der Waals surface area contributed by atoms with E-state index >= 15 is 0 Å². The normalized spacial score (nSPS) is 10.6. The second-order valence-corrected chi connectivity index (χ2v) is 4.56. The predicted molar refractivity (Wildman–Crippen MR) is 62.6 cm³/mol. The van der Waals surface area contributed by atoms with Gasteiger partial charge in [0.1, 0.15) is 5.82 Å². The van der Waals surface area contributed by atoms with E-state index < -0.39 is 0 Å². The summed E-state index contributed by atoms with van der Waals surface area (Å²) in [5.74, 6) is -0.302. The maximum Gasteiger partial charge on any atom is 0.132 e. The molecule has 1 nitrogen and oxygen atoms in total. The number of halogens is 2. The van der Waals surface area contributed by atoms with Crippen molar-refractivity contribution < 1.29 is 4.39 Å². The first-order chi connectivity index (χ1) is 7.20. The molecule has 0 saturated heterocycles. The summed E-state index contributed by atoms with van der Waals surface area (Å²) >= 11 is 7.21. The number of thiophene rings is 1. The van der Waals surface area contributed by atoms with Gasteiger partial charge in [-0.1, -0.05) is 11.6 Å². The van der Waals surface area contributed by atoms with Crippen molar-refractivity contribution in [2.24, 2.45) is 5.73 Å². The van der Waals surface area contributed by atoms with Gasteiger partial charge in [-0.3, -0.25) is 0 Å². The Labute approximate surface area is 96.3 Å². The average molecular weight is 242 g/mol. The molecular weight excluding hydrogens is 233 g/mol. The van der Waals surface area contributed by atoms with Crippen LogP contribution in [0.1, 0.15) is 4.88 Å². The Bertz CT molecular complexity index is 481. The largest absolute Gasteiger partial charge is 0.326 e. The van der Waals surface area contributed by atoms with E-state index in [-0.39, 0.29) is 5.82 Å². The Kier molecular flexibility index (Phi) is 3.05. The topological polar surface area (TPSA) is 26.0 Å². The zero-order chi connectivity index (χ0) is 10.8. The van der Waals surface area contributed by atoms with Crippen LogP contribution in [0.15, 0.2) is 29.6 Å². The van der Waals surface area contributed by atoms with Crippen LogP contribution >= 0.6 is 22.9 Å². The molecule has 1 aromatic carbocycles. The van der Waals surface area contributed by atoms with E-state index in [2.05, 4.69) is 0 Å². The molecule has 0 amide bonds. The van der Waals surface area contributed by atoms with E-state index in [4.69, 9.17) is 17.3 Å². The van der Waals surface area contributed by atoms with Gasteiger partial charge in [0.2, 0.25) is 0 Å². The first kappa shape index (κ1) is 10.6. The van der Waals surface area contributed by atoms with E-state index in [0.29, 0.717) is 17.1 Å². The fraction of sp³-hybridized carbons (Fsp3) is 0.0909. The number of rotatable bonds is 2. The lowest BCUT2D eigenvalue weighted by Crippen LogP contribution is -1.91. The maximum atomic E-state index is 13.5. The lowest BCUT2D eigenvalue weighted by Gasteiger charge is -2.00. The van der Waals surface area contributed by atoms with Crippen LogP contribution in [0.5, 0.6) is 0 Å². The molecule has 0 aliphatic rings. The molecule has 1 aromatic heterocycles. The monoisotopic (exact) mass is 241 g/mol. The van der Waals surface area contributed by atoms with Gasteiger partial charge in [0.15, 0.2) is 0 Å². The molecule has 4 heteroatoms. The average Bonchev–Trinajstić information content (AvgIpc) is 2.66. The number of hydrogen-bond donors (Lipinski definition) is 1. The molecule has 15 heavy (non-hydrogen) atoms. The van der Waals surface area contributed by atoms with Crippen LogP contribution in [-0.4, -0.2) is 0 Å². The molecule has 0 bridgehead atoms. The zero-order valence-electron chi connectivity index (χ0n) is 7.84. The van der Waals surface area contributed by atoms with Crippen molar-refractivity contribution in [3.05, 3.63) is 45.4 Å². The van der Waals surface area contributed by atoms with Crippen molar-refractivity contribution in [2.45, 2.75) is 6.54 Å². The Morgan fingerprint density at radius 3 is 2.73 bits per heavy atom. The molecule has 0 aliphatic heterocycles. The molecule has 0 saturated carbocycles. The Morgan fingerprint density at radius 2 is 2.13 bits per heavy atom. The lowest BCUT2D eigenvalue weighted by molar-refractivity contribution is 0.631. The molecule has 2 rings (SSSR count). The van der Waals surface area contributed by atoms with Gasteiger partial charge in [0.25, 0.3) is 0 Å². The van der Waals surface area contributed by atoms with Crippen molar-refractivity contribution in [1.82, 2.24) is 0 Å². The second-order valence-electron chi connectivity index (χ2n) is 3.13. The van der Waals surface area contributed by atoms with Gasteiger partial charge < -0.3 is 5.73 Å². The SMILES string of the molecule is NCc1cc(-c2ccc(Cl)cc2F)cs1. The summed E-state index contributed by atoms with van der Waals surface area (Å²) in [6.07, 6.45) is 0. The molecule has 0 spiro atoms. The Morgan fingerprint density at radius 1 is 1.33 bits per heavy atom. The highest BCUT2D eigenvalue weighted by Crippen LogP contribution is 2.29. The van der Waals surface area contributed by atoms with E-state index in [1.807, 2.05) is 11.4 Å². The van der Waals surface area contributed by atoms with Crippen molar-refractivity contribution in [1.29, 1.82) is 0 Å². The molecule has 78 valence electrons. The minimum atomic E-state index is -0.302. The number of nitrogens with two attached hydrogens (primary N) is 1. The van der Waals surface area contributed by atoms with Crippen LogP contribution in [-0.2, 0) is 6.54 Å². The van der Waals surface area contributed by atoms with E-state index in [9.17, 15) is 4.39 Å². The minimum absolute atomic E-state index is 0.302. The third-order valence-electron chi connectivity index (χ3n) is 2.10. The fourth-order valence-corrected chi connectivity index (χ4v) is 2.28. The van der Waals surface area contributed by atoms with Crippen LogP contribution in [0.4, 0.5) is 4.39 Å². The molecule has 2 N–H and O–H groups in total. The second kappa shape index (κ2) is 4.31. The fourth-order valence-electron chi connectivity index (χ4n) is 1.35. The van der Waals surface area contributed by atoms with Gasteiger partial charge in [0.05, 0.1) is 0 Å². The molecule has 0 aliphatic carbocycles. The van der Waals surface area contributed by atoms with Crippen molar-refractivity contribution in [3.8, 4) is 11.1 Å². The molecule has 1 heterocycles. The van der Waals surface area contributed by atoms with Crippen LogP contribution in [0.2, 0.25) is 5.02 Å². The lowest BCUT2D eigenvalue weighted by atomic mass is 10.1. The Balaban J connectivity index is 2.44. The van der Waals surface area contributed by atoms with E-state index in [1.54, 1.807) is 12.1 Å². The highest BCUT2D eigenvalue weighted by molar-refractivity contribution is 7.10. The van der Waals surface area contributed by atoms with Crippen LogP contribution < -0.4 is 5.73 Å². The molecule has 0 unspecified atom stereocenters. The van der Waals surface area contributed by atoms with Crippen molar-refractivity contribution in [2.75, 3.05) is 0 Å². The summed E-state index contributed by atoms with van der Waals surface area (Å²) in [7, 11) is 0. The highest BCUT2D eigenvalue weighted by Gasteiger charge is 2.07. The van der Waals surface area contributed by atoms with Gasteiger partial charge in [-0.25, -0.2) is 4.39 Å².